The van der Waals surface area contributed by atoms with Gasteiger partial charge >= 0.3 is 0 Å². The predicted molar refractivity (Wildman–Crippen MR) is 109 cm³/mol. The van der Waals surface area contributed by atoms with Crippen molar-refractivity contribution in [2.45, 2.75) is 38.9 Å². The minimum atomic E-state index is -1.18. The van der Waals surface area contributed by atoms with Crippen molar-refractivity contribution < 1.29 is 18.4 Å². The van der Waals surface area contributed by atoms with Crippen LogP contribution in [0, 0.1) is 11.6 Å². The largest absolute Gasteiger partial charge is 0.357 e. The van der Waals surface area contributed by atoms with Crippen LogP contribution in [0.15, 0.2) is 12.1 Å². The fourth-order valence-electron chi connectivity index (χ4n) is 3.51. The molecule has 0 fully saturated rings. The van der Waals surface area contributed by atoms with Gasteiger partial charge in [0.25, 0.3) is 5.91 Å². The number of nitrogens with zero attached hydrogens (tertiary/aromatic N) is 3. The number of aromatic nitrogens is 2. The molecule has 1 aromatic heterocycles. The van der Waals surface area contributed by atoms with Crippen LogP contribution >= 0.6 is 11.6 Å². The molecule has 0 bridgehead atoms. The number of halogens is 3. The Labute approximate surface area is 178 Å². The van der Waals surface area contributed by atoms with Gasteiger partial charge in [0.05, 0.1) is 16.3 Å². The van der Waals surface area contributed by atoms with Crippen LogP contribution in [0.25, 0.3) is 11.4 Å². The summed E-state index contributed by atoms with van der Waals surface area (Å²) in [6.45, 7) is 4.84. The van der Waals surface area contributed by atoms with Crippen molar-refractivity contribution in [3.8, 4) is 11.4 Å². The molecule has 0 spiro atoms. The molecule has 1 aliphatic rings. The summed E-state index contributed by atoms with van der Waals surface area (Å²) in [4.78, 5) is 31.6. The number of likely N-dealkylation sites (N-methyl/N-ethyl adjacent to an activating group) is 1. The van der Waals surface area contributed by atoms with E-state index in [0.29, 0.717) is 24.8 Å². The number of rotatable bonds is 4. The van der Waals surface area contributed by atoms with E-state index in [2.05, 4.69) is 15.6 Å². The number of imidazole rings is 1. The fraction of sp³-hybridized carbons (Fsp3) is 0.450. The van der Waals surface area contributed by atoms with Gasteiger partial charge in [-0.1, -0.05) is 11.6 Å². The first kappa shape index (κ1) is 22.2. The summed E-state index contributed by atoms with van der Waals surface area (Å²) in [5, 5.41) is 4.95. The third kappa shape index (κ3) is 4.17. The fourth-order valence-corrected chi connectivity index (χ4v) is 3.68. The maximum Gasteiger partial charge on any atom is 0.272 e. The third-order valence-electron chi connectivity index (χ3n) is 5.10. The van der Waals surface area contributed by atoms with Gasteiger partial charge in [0.2, 0.25) is 5.91 Å². The lowest BCUT2D eigenvalue weighted by molar-refractivity contribution is -0.125. The van der Waals surface area contributed by atoms with E-state index in [-0.39, 0.29) is 28.0 Å². The number of nitrogens with one attached hydrogen (secondary N) is 2. The zero-order chi connectivity index (χ0) is 22.2. The number of hydrogen-bond acceptors (Lipinski definition) is 4. The van der Waals surface area contributed by atoms with Crippen LogP contribution in [0.1, 0.15) is 36.5 Å². The molecule has 0 atom stereocenters. The summed E-state index contributed by atoms with van der Waals surface area (Å²) in [5.41, 5.74) is -0.480. The Morgan fingerprint density at radius 3 is 2.57 bits per heavy atom. The molecule has 0 radical (unpaired) electrons. The Hall–Kier alpha value is -2.52. The molecule has 1 aromatic carbocycles. The standard InChI is InChI=1S/C20H24ClF2N5O2/c1-20(2,19(30)24-3)26-18(29)16-15-10-27(4)6-5-7-28(15)17(25-16)11-8-12(21)14(23)9-13(11)22/h8-9H,5-7,10H2,1-4H3,(H,24,30)(H,26,29). The smallest absolute Gasteiger partial charge is 0.272 e. The van der Waals surface area contributed by atoms with Crippen molar-refractivity contribution in [3.05, 3.63) is 40.2 Å². The summed E-state index contributed by atoms with van der Waals surface area (Å²) in [7, 11) is 3.39. The van der Waals surface area contributed by atoms with Crippen LogP contribution in [-0.2, 0) is 17.9 Å². The molecule has 2 N–H and O–H groups in total. The highest BCUT2D eigenvalue weighted by Crippen LogP contribution is 2.31. The molecule has 3 rings (SSSR count). The van der Waals surface area contributed by atoms with Crippen LogP contribution in [0.2, 0.25) is 5.02 Å². The maximum absolute atomic E-state index is 14.6. The monoisotopic (exact) mass is 439 g/mol. The Morgan fingerprint density at radius 2 is 1.90 bits per heavy atom. The van der Waals surface area contributed by atoms with E-state index in [0.717, 1.165) is 13.0 Å². The van der Waals surface area contributed by atoms with E-state index in [9.17, 15) is 18.4 Å². The van der Waals surface area contributed by atoms with Crippen molar-refractivity contribution >= 4 is 23.4 Å². The number of carbonyl (C=O) groups is 2. The van der Waals surface area contributed by atoms with E-state index >= 15 is 0 Å². The summed E-state index contributed by atoms with van der Waals surface area (Å²) in [6, 6.07) is 1.88. The van der Waals surface area contributed by atoms with Gasteiger partial charge in [-0.3, -0.25) is 9.59 Å². The molecule has 10 heteroatoms. The lowest BCUT2D eigenvalue weighted by atomic mass is 10.0. The number of hydrogen-bond donors (Lipinski definition) is 2. The van der Waals surface area contributed by atoms with Crippen LogP contribution in [0.4, 0.5) is 8.78 Å². The molecule has 1 aliphatic heterocycles. The highest BCUT2D eigenvalue weighted by Gasteiger charge is 2.33. The molecule has 0 unspecified atom stereocenters. The quantitative estimate of drug-likeness (QED) is 0.718. The predicted octanol–water partition coefficient (Wildman–Crippen LogP) is 2.57. The van der Waals surface area contributed by atoms with E-state index in [4.69, 9.17) is 11.6 Å². The molecule has 0 saturated carbocycles. The van der Waals surface area contributed by atoms with Gasteiger partial charge in [0, 0.05) is 26.2 Å². The molecule has 0 saturated heterocycles. The second-order valence-electron chi connectivity index (χ2n) is 7.88. The first-order chi connectivity index (χ1) is 14.0. The number of fused-ring (bicyclic) bond motifs is 1. The van der Waals surface area contributed by atoms with Gasteiger partial charge in [-0.15, -0.1) is 0 Å². The summed E-state index contributed by atoms with van der Waals surface area (Å²) in [6.07, 6.45) is 0.758. The van der Waals surface area contributed by atoms with Crippen molar-refractivity contribution in [1.29, 1.82) is 0 Å². The van der Waals surface area contributed by atoms with Gasteiger partial charge in [-0.25, -0.2) is 13.8 Å². The Morgan fingerprint density at radius 1 is 1.20 bits per heavy atom. The summed E-state index contributed by atoms with van der Waals surface area (Å²) < 4.78 is 30.0. The van der Waals surface area contributed by atoms with Gasteiger partial charge in [0.1, 0.15) is 23.0 Å². The number of benzene rings is 1. The molecule has 2 heterocycles. The topological polar surface area (TPSA) is 79.3 Å². The van der Waals surface area contributed by atoms with E-state index in [1.807, 2.05) is 11.9 Å². The third-order valence-corrected chi connectivity index (χ3v) is 5.39. The summed E-state index contributed by atoms with van der Waals surface area (Å²) >= 11 is 5.87. The molecule has 162 valence electrons. The van der Waals surface area contributed by atoms with Crippen LogP contribution in [0.5, 0.6) is 0 Å². The Balaban J connectivity index is 2.12. The highest BCUT2D eigenvalue weighted by molar-refractivity contribution is 6.31. The second kappa shape index (κ2) is 8.31. The maximum atomic E-state index is 14.6. The van der Waals surface area contributed by atoms with Crippen molar-refractivity contribution in [2.24, 2.45) is 0 Å². The van der Waals surface area contributed by atoms with Crippen molar-refractivity contribution in [3.63, 3.8) is 0 Å². The summed E-state index contributed by atoms with van der Waals surface area (Å²) in [5.74, 6) is -2.41. The average molecular weight is 440 g/mol. The van der Waals surface area contributed by atoms with Crippen molar-refractivity contribution in [1.82, 2.24) is 25.1 Å². The highest BCUT2D eigenvalue weighted by atomic mass is 35.5. The zero-order valence-electron chi connectivity index (χ0n) is 17.3. The number of carbonyl (C=O) groups excluding carboxylic acids is 2. The zero-order valence-corrected chi connectivity index (χ0v) is 18.0. The van der Waals surface area contributed by atoms with Crippen molar-refractivity contribution in [2.75, 3.05) is 20.6 Å². The van der Waals surface area contributed by atoms with E-state index < -0.39 is 23.1 Å². The average Bonchev–Trinajstić information content (AvgIpc) is 2.90. The molecule has 7 nitrogen and oxygen atoms in total. The molecule has 30 heavy (non-hydrogen) atoms. The Bertz CT molecular complexity index is 1010. The first-order valence-electron chi connectivity index (χ1n) is 9.52. The molecule has 2 aromatic rings. The Kier molecular flexibility index (Phi) is 6.14. The van der Waals surface area contributed by atoms with Gasteiger partial charge in [-0.05, 0) is 39.9 Å². The lowest BCUT2D eigenvalue weighted by Crippen LogP contribution is -2.54. The second-order valence-corrected chi connectivity index (χ2v) is 8.29. The SMILES string of the molecule is CNC(=O)C(C)(C)NC(=O)c1nc(-c2cc(Cl)c(F)cc2F)n2c1CN(C)CCC2. The molecule has 2 amide bonds. The van der Waals surface area contributed by atoms with Crippen LogP contribution in [0.3, 0.4) is 0 Å². The van der Waals surface area contributed by atoms with Gasteiger partial charge in [-0.2, -0.15) is 0 Å². The first-order valence-corrected chi connectivity index (χ1v) is 9.90. The minimum absolute atomic E-state index is 0.0109. The molecular weight excluding hydrogens is 416 g/mol. The van der Waals surface area contributed by atoms with Gasteiger partial charge in [0.15, 0.2) is 5.69 Å². The molecule has 0 aliphatic carbocycles. The lowest BCUT2D eigenvalue weighted by Gasteiger charge is -2.24. The molecular formula is C20H24ClF2N5O2. The van der Waals surface area contributed by atoms with Gasteiger partial charge < -0.3 is 20.1 Å². The normalized spacial score (nSPS) is 14.8. The van der Waals surface area contributed by atoms with Crippen LogP contribution in [-0.4, -0.2) is 52.4 Å². The van der Waals surface area contributed by atoms with E-state index in [1.165, 1.54) is 13.1 Å². The number of amides is 2. The van der Waals surface area contributed by atoms with E-state index in [1.54, 1.807) is 18.4 Å². The van der Waals surface area contributed by atoms with Crippen LogP contribution < -0.4 is 10.6 Å². The minimum Gasteiger partial charge on any atom is -0.357 e.